The molecule has 1 aromatic heterocycles. The molecule has 0 saturated carbocycles. The Labute approximate surface area is 140 Å². The molecule has 0 fully saturated rings. The zero-order valence-corrected chi connectivity index (χ0v) is 13.7. The van der Waals surface area contributed by atoms with Gasteiger partial charge in [0.25, 0.3) is 5.91 Å². The largest absolute Gasteiger partial charge is 0.295 e. The molecule has 0 bridgehead atoms. The number of aromatic nitrogens is 2. The maximum absolute atomic E-state index is 12.7. The summed E-state index contributed by atoms with van der Waals surface area (Å²) < 4.78 is 0. The second kappa shape index (κ2) is 6.74. The smallest absolute Gasteiger partial charge is 0.259 e. The molecule has 6 heteroatoms. The lowest BCUT2D eigenvalue weighted by atomic mass is 10.1. The first kappa shape index (κ1) is 16.0. The first-order chi connectivity index (χ1) is 11.5. The number of hydrogen-bond donors (Lipinski definition) is 1. The van der Waals surface area contributed by atoms with E-state index in [0.29, 0.717) is 17.9 Å². The summed E-state index contributed by atoms with van der Waals surface area (Å²) in [4.78, 5) is 22.8. The van der Waals surface area contributed by atoms with Gasteiger partial charge in [0, 0.05) is 19.7 Å². The Morgan fingerprint density at radius 1 is 1.04 bits per heavy atom. The highest BCUT2D eigenvalue weighted by atomic mass is 16.2. The van der Waals surface area contributed by atoms with E-state index in [1.54, 1.807) is 26.5 Å². The van der Waals surface area contributed by atoms with Crippen molar-refractivity contribution >= 4 is 22.5 Å². The summed E-state index contributed by atoms with van der Waals surface area (Å²) in [5.41, 5.74) is 1.36. The highest BCUT2D eigenvalue weighted by molar-refractivity contribution is 6.07. The summed E-state index contributed by atoms with van der Waals surface area (Å²) in [5, 5.41) is 3.66. The summed E-state index contributed by atoms with van der Waals surface area (Å²) in [7, 11) is 3.45. The maximum atomic E-state index is 12.7. The van der Waals surface area contributed by atoms with Gasteiger partial charge in [-0.1, -0.05) is 30.3 Å². The van der Waals surface area contributed by atoms with Crippen molar-refractivity contribution in [2.75, 3.05) is 19.0 Å². The van der Waals surface area contributed by atoms with Crippen LogP contribution in [0.15, 0.2) is 54.9 Å². The molecule has 6 nitrogen and oxygen atoms in total. The van der Waals surface area contributed by atoms with Crippen LogP contribution < -0.4 is 10.7 Å². The van der Waals surface area contributed by atoms with Gasteiger partial charge in [-0.2, -0.15) is 0 Å². The second-order valence-corrected chi connectivity index (χ2v) is 5.71. The van der Waals surface area contributed by atoms with Crippen LogP contribution in [0.3, 0.4) is 0 Å². The zero-order valence-electron chi connectivity index (χ0n) is 13.7. The summed E-state index contributed by atoms with van der Waals surface area (Å²) >= 11 is 0. The predicted molar refractivity (Wildman–Crippen MR) is 94.4 cm³/mol. The zero-order chi connectivity index (χ0) is 17.1. The van der Waals surface area contributed by atoms with Crippen molar-refractivity contribution in [3.63, 3.8) is 0 Å². The highest BCUT2D eigenvalue weighted by Crippen LogP contribution is 2.18. The van der Waals surface area contributed by atoms with Gasteiger partial charge in [0.2, 0.25) is 0 Å². The molecule has 0 aliphatic heterocycles. The number of hydrogen-bond acceptors (Lipinski definition) is 5. The molecule has 2 N–H and O–H groups in total. The van der Waals surface area contributed by atoms with Crippen molar-refractivity contribution < 1.29 is 4.79 Å². The quantitative estimate of drug-likeness (QED) is 0.589. The fourth-order valence-corrected chi connectivity index (χ4v) is 2.48. The number of rotatable bonds is 4. The lowest BCUT2D eigenvalue weighted by Gasteiger charge is -2.17. The van der Waals surface area contributed by atoms with E-state index < -0.39 is 0 Å². The maximum Gasteiger partial charge on any atom is 0.259 e. The third kappa shape index (κ3) is 3.40. The van der Waals surface area contributed by atoms with Gasteiger partial charge < -0.3 is 0 Å². The van der Waals surface area contributed by atoms with Crippen LogP contribution in [0.2, 0.25) is 0 Å². The molecule has 0 aliphatic rings. The molecular formula is C18H19N5O. The lowest BCUT2D eigenvalue weighted by Crippen LogP contribution is -2.28. The molecule has 122 valence electrons. The Morgan fingerprint density at radius 2 is 1.79 bits per heavy atom. The predicted octanol–water partition coefficient (Wildman–Crippen LogP) is 2.21. The SMILES string of the molecule is CN(N)Cc1cnc(N(C)C(=O)c2ccc3ccccc3c2)cn1. The first-order valence-corrected chi connectivity index (χ1v) is 7.58. The van der Waals surface area contributed by atoms with Crippen LogP contribution in [-0.2, 0) is 6.54 Å². The molecule has 2 aromatic carbocycles. The van der Waals surface area contributed by atoms with Gasteiger partial charge in [-0.05, 0) is 22.9 Å². The summed E-state index contributed by atoms with van der Waals surface area (Å²) in [6.07, 6.45) is 3.21. The van der Waals surface area contributed by atoms with Crippen LogP contribution in [0, 0.1) is 0 Å². The third-order valence-corrected chi connectivity index (χ3v) is 3.75. The van der Waals surface area contributed by atoms with Crippen molar-refractivity contribution in [1.82, 2.24) is 15.0 Å². The average molecular weight is 321 g/mol. The number of amides is 1. The number of carbonyl (C=O) groups excluding carboxylic acids is 1. The Bertz CT molecular complexity index is 861. The van der Waals surface area contributed by atoms with Crippen molar-refractivity contribution in [3.05, 3.63) is 66.1 Å². The third-order valence-electron chi connectivity index (χ3n) is 3.75. The number of anilines is 1. The van der Waals surface area contributed by atoms with Gasteiger partial charge in [-0.25, -0.2) is 9.99 Å². The van der Waals surface area contributed by atoms with Crippen LogP contribution >= 0.6 is 0 Å². The van der Waals surface area contributed by atoms with Gasteiger partial charge in [-0.3, -0.25) is 20.5 Å². The Kier molecular flexibility index (Phi) is 4.50. The van der Waals surface area contributed by atoms with Crippen LogP contribution in [0.5, 0.6) is 0 Å². The molecule has 3 rings (SSSR count). The van der Waals surface area contributed by atoms with Gasteiger partial charge >= 0.3 is 0 Å². The fourth-order valence-electron chi connectivity index (χ4n) is 2.48. The fraction of sp³-hybridized carbons (Fsp3) is 0.167. The number of nitrogens with zero attached hydrogens (tertiary/aromatic N) is 4. The summed E-state index contributed by atoms with van der Waals surface area (Å²) in [6.45, 7) is 0.496. The topological polar surface area (TPSA) is 75.3 Å². The molecule has 0 atom stereocenters. The molecule has 0 radical (unpaired) electrons. The van der Waals surface area contributed by atoms with E-state index in [2.05, 4.69) is 9.97 Å². The normalized spacial score (nSPS) is 11.0. The van der Waals surface area contributed by atoms with Gasteiger partial charge in [0.05, 0.1) is 24.6 Å². The van der Waals surface area contributed by atoms with E-state index in [1.165, 1.54) is 9.91 Å². The molecule has 24 heavy (non-hydrogen) atoms. The minimum absolute atomic E-state index is 0.126. The summed E-state index contributed by atoms with van der Waals surface area (Å²) in [6, 6.07) is 13.6. The van der Waals surface area contributed by atoms with Crippen LogP contribution in [0.4, 0.5) is 5.82 Å². The van der Waals surface area contributed by atoms with E-state index in [4.69, 9.17) is 5.84 Å². The molecule has 0 saturated heterocycles. The number of fused-ring (bicyclic) bond motifs is 1. The van der Waals surface area contributed by atoms with E-state index in [-0.39, 0.29) is 5.91 Å². The molecule has 1 heterocycles. The van der Waals surface area contributed by atoms with E-state index in [9.17, 15) is 4.79 Å². The molecule has 3 aromatic rings. The van der Waals surface area contributed by atoms with Crippen molar-refractivity contribution in [2.24, 2.45) is 5.84 Å². The molecule has 1 amide bonds. The van der Waals surface area contributed by atoms with E-state index >= 15 is 0 Å². The standard InChI is InChI=1S/C18H19N5O/c1-22(19)12-16-10-21-17(11-20-16)23(2)18(24)15-8-7-13-5-3-4-6-14(13)9-15/h3-11H,12,19H2,1-2H3. The minimum Gasteiger partial charge on any atom is -0.295 e. The Morgan fingerprint density at radius 3 is 2.46 bits per heavy atom. The molecule has 0 spiro atoms. The van der Waals surface area contributed by atoms with E-state index in [0.717, 1.165) is 16.5 Å². The monoisotopic (exact) mass is 321 g/mol. The average Bonchev–Trinajstić information content (AvgIpc) is 2.60. The minimum atomic E-state index is -0.126. The highest BCUT2D eigenvalue weighted by Gasteiger charge is 2.15. The molecule has 0 aliphatic carbocycles. The first-order valence-electron chi connectivity index (χ1n) is 7.58. The number of nitrogens with two attached hydrogens (primary N) is 1. The number of hydrazine groups is 1. The summed E-state index contributed by atoms with van der Waals surface area (Å²) in [5.74, 6) is 5.96. The van der Waals surface area contributed by atoms with Gasteiger partial charge in [0.1, 0.15) is 0 Å². The Balaban J connectivity index is 1.82. The van der Waals surface area contributed by atoms with Crippen molar-refractivity contribution in [3.8, 4) is 0 Å². The van der Waals surface area contributed by atoms with E-state index in [1.807, 2.05) is 42.5 Å². The number of carbonyl (C=O) groups is 1. The van der Waals surface area contributed by atoms with Crippen molar-refractivity contribution in [2.45, 2.75) is 6.54 Å². The van der Waals surface area contributed by atoms with Crippen LogP contribution in [-0.4, -0.2) is 35.0 Å². The van der Waals surface area contributed by atoms with Crippen LogP contribution in [0.25, 0.3) is 10.8 Å². The Hall–Kier alpha value is -2.83. The number of benzene rings is 2. The molecular weight excluding hydrogens is 302 g/mol. The van der Waals surface area contributed by atoms with Crippen molar-refractivity contribution in [1.29, 1.82) is 0 Å². The van der Waals surface area contributed by atoms with Gasteiger partial charge in [0.15, 0.2) is 5.82 Å². The molecule has 0 unspecified atom stereocenters. The lowest BCUT2D eigenvalue weighted by molar-refractivity contribution is 0.0992. The second-order valence-electron chi connectivity index (χ2n) is 5.71. The van der Waals surface area contributed by atoms with Crippen LogP contribution in [0.1, 0.15) is 16.1 Å². The van der Waals surface area contributed by atoms with Gasteiger partial charge in [-0.15, -0.1) is 0 Å².